The molecular weight excluding hydrogens is 378 g/mol. The van der Waals surface area contributed by atoms with Crippen LogP contribution >= 0.6 is 11.8 Å². The molecular formula is C20H25N3O4S. The third kappa shape index (κ3) is 4.06. The quantitative estimate of drug-likeness (QED) is 0.677. The maximum atomic E-state index is 13.0. The van der Waals surface area contributed by atoms with Crippen molar-refractivity contribution < 1.29 is 19.2 Å². The van der Waals surface area contributed by atoms with E-state index in [2.05, 4.69) is 5.32 Å². The van der Waals surface area contributed by atoms with E-state index < -0.39 is 11.9 Å². The van der Waals surface area contributed by atoms with Gasteiger partial charge in [0.25, 0.3) is 0 Å². The summed E-state index contributed by atoms with van der Waals surface area (Å²) in [4.78, 5) is 51.2. The number of rotatable bonds is 7. The molecule has 7 nitrogen and oxygen atoms in total. The van der Waals surface area contributed by atoms with Crippen LogP contribution in [-0.4, -0.2) is 46.6 Å². The summed E-state index contributed by atoms with van der Waals surface area (Å²) in [6, 6.07) is 5.38. The van der Waals surface area contributed by atoms with Gasteiger partial charge in [-0.2, -0.15) is 11.8 Å². The molecule has 3 rings (SSSR count). The van der Waals surface area contributed by atoms with Crippen molar-refractivity contribution in [3.8, 4) is 0 Å². The van der Waals surface area contributed by atoms with E-state index in [9.17, 15) is 19.2 Å². The Kier molecular flexibility index (Phi) is 6.39. The van der Waals surface area contributed by atoms with Crippen molar-refractivity contribution in [3.05, 3.63) is 29.8 Å². The van der Waals surface area contributed by atoms with E-state index in [0.29, 0.717) is 23.4 Å². The average Bonchev–Trinajstić information content (AvgIpc) is 2.94. The van der Waals surface area contributed by atoms with Crippen LogP contribution in [0.1, 0.15) is 42.5 Å². The highest BCUT2D eigenvalue weighted by Crippen LogP contribution is 2.39. The maximum absolute atomic E-state index is 13.0. The van der Waals surface area contributed by atoms with Gasteiger partial charge >= 0.3 is 0 Å². The fourth-order valence-corrected chi connectivity index (χ4v) is 4.50. The first kappa shape index (κ1) is 20.4. The number of amides is 4. The summed E-state index contributed by atoms with van der Waals surface area (Å²) in [5.74, 6) is -1.25. The second-order valence-corrected chi connectivity index (χ2v) is 8.26. The first-order valence-electron chi connectivity index (χ1n) is 9.50. The maximum Gasteiger partial charge on any atom is 0.248 e. The number of carbonyl (C=O) groups is 4. The van der Waals surface area contributed by atoms with Gasteiger partial charge in [0, 0.05) is 11.3 Å². The van der Waals surface area contributed by atoms with Crippen LogP contribution in [0.15, 0.2) is 24.3 Å². The van der Waals surface area contributed by atoms with Gasteiger partial charge in [0.15, 0.2) is 0 Å². The molecule has 1 aromatic carbocycles. The van der Waals surface area contributed by atoms with Crippen LogP contribution in [0.2, 0.25) is 0 Å². The molecule has 0 aromatic heterocycles. The Morgan fingerprint density at radius 1 is 1.14 bits per heavy atom. The van der Waals surface area contributed by atoms with Crippen LogP contribution in [0.5, 0.6) is 0 Å². The van der Waals surface area contributed by atoms with Crippen LogP contribution in [0.3, 0.4) is 0 Å². The lowest BCUT2D eigenvalue weighted by molar-refractivity contribution is -0.146. The molecule has 1 heterocycles. The van der Waals surface area contributed by atoms with Crippen molar-refractivity contribution in [1.82, 2.24) is 4.90 Å². The minimum absolute atomic E-state index is 0.208. The summed E-state index contributed by atoms with van der Waals surface area (Å²) in [7, 11) is 0. The van der Waals surface area contributed by atoms with Gasteiger partial charge in [-0.1, -0.05) is 12.8 Å². The molecule has 28 heavy (non-hydrogen) atoms. The molecule has 2 fully saturated rings. The summed E-state index contributed by atoms with van der Waals surface area (Å²) in [5.41, 5.74) is 6.05. The van der Waals surface area contributed by atoms with E-state index in [1.54, 1.807) is 23.9 Å². The largest absolute Gasteiger partial charge is 0.366 e. The van der Waals surface area contributed by atoms with E-state index in [1.165, 1.54) is 17.0 Å². The van der Waals surface area contributed by atoms with Crippen molar-refractivity contribution in [2.45, 2.75) is 38.1 Å². The second-order valence-electron chi connectivity index (χ2n) is 7.27. The monoisotopic (exact) mass is 403 g/mol. The summed E-state index contributed by atoms with van der Waals surface area (Å²) in [5, 5.41) is 2.77. The first-order chi connectivity index (χ1) is 13.4. The van der Waals surface area contributed by atoms with Gasteiger partial charge in [0.1, 0.15) is 6.04 Å². The van der Waals surface area contributed by atoms with Crippen LogP contribution in [0.25, 0.3) is 0 Å². The number of thioether (sulfide) groups is 1. The number of primary amides is 1. The minimum atomic E-state index is -0.825. The molecule has 8 heteroatoms. The van der Waals surface area contributed by atoms with E-state index >= 15 is 0 Å². The lowest BCUT2D eigenvalue weighted by atomic mass is 9.81. The zero-order valence-electron chi connectivity index (χ0n) is 15.8. The van der Waals surface area contributed by atoms with Crippen LogP contribution in [0.4, 0.5) is 5.69 Å². The Hall–Kier alpha value is -2.35. The molecule has 0 bridgehead atoms. The zero-order chi connectivity index (χ0) is 20.3. The van der Waals surface area contributed by atoms with E-state index in [-0.39, 0.29) is 29.6 Å². The smallest absolute Gasteiger partial charge is 0.248 e. The Balaban J connectivity index is 1.79. The van der Waals surface area contributed by atoms with Crippen molar-refractivity contribution in [2.24, 2.45) is 17.6 Å². The van der Waals surface area contributed by atoms with Gasteiger partial charge in [-0.05, 0) is 55.5 Å². The molecule has 150 valence electrons. The number of imide groups is 1. The van der Waals surface area contributed by atoms with Gasteiger partial charge < -0.3 is 11.1 Å². The molecule has 2 aliphatic rings. The fraction of sp³-hybridized carbons (Fsp3) is 0.500. The van der Waals surface area contributed by atoms with E-state index in [0.717, 1.165) is 25.7 Å². The third-order valence-corrected chi connectivity index (χ3v) is 6.17. The van der Waals surface area contributed by atoms with Crippen LogP contribution in [0, 0.1) is 11.8 Å². The molecule has 1 aliphatic carbocycles. The van der Waals surface area contributed by atoms with Crippen molar-refractivity contribution in [1.29, 1.82) is 0 Å². The second kappa shape index (κ2) is 8.77. The Bertz CT molecular complexity index is 756. The molecule has 3 N–H and O–H groups in total. The van der Waals surface area contributed by atoms with Gasteiger partial charge in [-0.15, -0.1) is 0 Å². The molecule has 1 saturated carbocycles. The average molecular weight is 404 g/mol. The highest BCUT2D eigenvalue weighted by atomic mass is 32.2. The summed E-state index contributed by atoms with van der Waals surface area (Å²) in [6.07, 6.45) is 5.66. The predicted octanol–water partition coefficient (Wildman–Crippen LogP) is 2.02. The number of likely N-dealkylation sites (tertiary alicyclic amines) is 1. The number of anilines is 1. The molecule has 0 radical (unpaired) electrons. The number of nitrogens with zero attached hydrogens (tertiary/aromatic N) is 1. The highest BCUT2D eigenvalue weighted by Gasteiger charge is 2.51. The number of fused-ring (bicyclic) bond motifs is 1. The van der Waals surface area contributed by atoms with Crippen molar-refractivity contribution >= 4 is 41.1 Å². The predicted molar refractivity (Wildman–Crippen MR) is 108 cm³/mol. The third-order valence-electron chi connectivity index (χ3n) is 5.52. The first-order valence-corrected chi connectivity index (χ1v) is 10.9. The number of nitrogens with one attached hydrogen (secondary N) is 1. The summed E-state index contributed by atoms with van der Waals surface area (Å²) < 4.78 is 0. The summed E-state index contributed by atoms with van der Waals surface area (Å²) >= 11 is 1.56. The molecule has 4 amide bonds. The Morgan fingerprint density at radius 2 is 1.71 bits per heavy atom. The number of nitrogens with two attached hydrogens (primary N) is 1. The Morgan fingerprint density at radius 3 is 2.21 bits per heavy atom. The SMILES string of the molecule is CSCC[C@@H](C(=O)Nc1ccc(C(N)=O)cc1)N1C(=O)[C@H]2CCCC[C@H]2C1=O. The molecule has 1 aliphatic heterocycles. The number of hydrogen-bond acceptors (Lipinski definition) is 5. The highest BCUT2D eigenvalue weighted by molar-refractivity contribution is 7.98. The lowest BCUT2D eigenvalue weighted by Gasteiger charge is -2.26. The lowest BCUT2D eigenvalue weighted by Crippen LogP contribution is -2.48. The zero-order valence-corrected chi connectivity index (χ0v) is 16.7. The van der Waals surface area contributed by atoms with Gasteiger partial charge in [0.05, 0.1) is 11.8 Å². The molecule has 0 spiro atoms. The van der Waals surface area contributed by atoms with Gasteiger partial charge in [0.2, 0.25) is 23.6 Å². The van der Waals surface area contributed by atoms with E-state index in [4.69, 9.17) is 5.73 Å². The van der Waals surface area contributed by atoms with Crippen LogP contribution < -0.4 is 11.1 Å². The minimum Gasteiger partial charge on any atom is -0.366 e. The molecule has 1 aromatic rings. The topological polar surface area (TPSA) is 110 Å². The number of hydrogen-bond donors (Lipinski definition) is 2. The normalized spacial score (nSPS) is 22.7. The summed E-state index contributed by atoms with van der Waals surface area (Å²) in [6.45, 7) is 0. The molecule has 0 unspecified atom stereocenters. The standard InChI is InChI=1S/C20H25N3O4S/c1-28-11-10-16(18(25)22-13-8-6-12(7-9-13)17(21)24)23-19(26)14-4-2-3-5-15(14)20(23)27/h6-9,14-16H,2-5,10-11H2,1H3,(H2,21,24)(H,22,25)/t14-,15+,16-/m0/s1. The fourth-order valence-electron chi connectivity index (χ4n) is 4.05. The van der Waals surface area contributed by atoms with Crippen LogP contribution in [-0.2, 0) is 14.4 Å². The number of benzene rings is 1. The molecule has 3 atom stereocenters. The molecule has 1 saturated heterocycles. The van der Waals surface area contributed by atoms with Crippen molar-refractivity contribution in [3.63, 3.8) is 0 Å². The van der Waals surface area contributed by atoms with Gasteiger partial charge in [-0.3, -0.25) is 24.1 Å². The Labute approximate surface area is 168 Å². The number of carbonyl (C=O) groups excluding carboxylic acids is 4. The van der Waals surface area contributed by atoms with Crippen molar-refractivity contribution in [2.75, 3.05) is 17.3 Å². The van der Waals surface area contributed by atoms with E-state index in [1.807, 2.05) is 6.26 Å². The van der Waals surface area contributed by atoms with Gasteiger partial charge in [-0.25, -0.2) is 0 Å².